The number of H-pyrrole nitrogens is 2. The first-order valence-corrected chi connectivity index (χ1v) is 25.8. The molecule has 78 heavy (non-hydrogen) atoms. The van der Waals surface area contributed by atoms with Crippen molar-refractivity contribution >= 4 is 51.8 Å². The van der Waals surface area contributed by atoms with Crippen molar-refractivity contribution in [1.82, 2.24) is 29.7 Å². The number of urea groups is 1. The van der Waals surface area contributed by atoms with Gasteiger partial charge in [0, 0.05) is 24.2 Å². The Hall–Kier alpha value is -9.57. The van der Waals surface area contributed by atoms with Crippen molar-refractivity contribution in [3.63, 3.8) is 0 Å². The van der Waals surface area contributed by atoms with Crippen LogP contribution in [0.15, 0.2) is 206 Å². The topological polar surface area (TPSA) is 198 Å². The van der Waals surface area contributed by atoms with Crippen LogP contribution in [0, 0.1) is 0 Å². The second kappa shape index (κ2) is 23.1. The van der Waals surface area contributed by atoms with E-state index in [4.69, 9.17) is 9.47 Å². The molecule has 4 atom stereocenters. The third-order valence-corrected chi connectivity index (χ3v) is 14.0. The largest absolute Gasteiger partial charge is 0.489 e. The summed E-state index contributed by atoms with van der Waals surface area (Å²) in [6, 6.07) is 61.2. The number of rotatable bonds is 18. The molecular formula is C63H56N8O7. The van der Waals surface area contributed by atoms with Gasteiger partial charge in [0.1, 0.15) is 36.9 Å². The number of hydrogen-bond acceptors (Lipinski definition) is 9. The second-order valence-electron chi connectivity index (χ2n) is 19.4. The van der Waals surface area contributed by atoms with Gasteiger partial charge in [0.05, 0.1) is 34.2 Å². The van der Waals surface area contributed by atoms with E-state index in [1.165, 1.54) is 0 Å². The van der Waals surface area contributed by atoms with Crippen molar-refractivity contribution < 1.29 is 34.1 Å². The number of amides is 4. The maximum Gasteiger partial charge on any atom is 0.321 e. The van der Waals surface area contributed by atoms with E-state index in [1.54, 1.807) is 46.2 Å². The lowest BCUT2D eigenvalue weighted by atomic mass is 9.90. The Labute approximate surface area is 450 Å². The van der Waals surface area contributed by atoms with E-state index < -0.39 is 42.1 Å². The van der Waals surface area contributed by atoms with Gasteiger partial charge >= 0.3 is 6.03 Å². The maximum atomic E-state index is 15.9. The summed E-state index contributed by atoms with van der Waals surface area (Å²) in [6.07, 6.45) is -2.62. The summed E-state index contributed by atoms with van der Waals surface area (Å²) in [5.41, 5.74) is 8.41. The van der Waals surface area contributed by atoms with E-state index in [0.29, 0.717) is 58.0 Å². The van der Waals surface area contributed by atoms with Crippen molar-refractivity contribution in [3.05, 3.63) is 251 Å². The van der Waals surface area contributed by atoms with Gasteiger partial charge in [-0.1, -0.05) is 133 Å². The average molecular weight is 1040 g/mol. The minimum atomic E-state index is -1.47. The lowest BCUT2D eigenvalue weighted by Crippen LogP contribution is -2.50. The molecule has 1 saturated heterocycles. The molecule has 0 spiro atoms. The number of aromatic amines is 2. The van der Waals surface area contributed by atoms with Gasteiger partial charge < -0.3 is 39.5 Å². The van der Waals surface area contributed by atoms with E-state index in [-0.39, 0.29) is 37.8 Å². The summed E-state index contributed by atoms with van der Waals surface area (Å²) in [4.78, 5) is 62.0. The molecule has 15 heteroatoms. The van der Waals surface area contributed by atoms with Crippen LogP contribution in [0.3, 0.4) is 0 Å². The molecule has 4 amide bonds. The first-order chi connectivity index (χ1) is 38.1. The molecule has 0 bridgehead atoms. The number of carbonyl (C=O) groups excluding carboxylic acids is 3. The van der Waals surface area contributed by atoms with Crippen LogP contribution in [0.1, 0.15) is 54.1 Å². The fourth-order valence-electron chi connectivity index (χ4n) is 9.91. The fourth-order valence-corrected chi connectivity index (χ4v) is 9.91. The summed E-state index contributed by atoms with van der Waals surface area (Å²) in [6.45, 7) is 0.656. The van der Waals surface area contributed by atoms with E-state index in [0.717, 1.165) is 33.3 Å². The number of carbonyl (C=O) groups is 3. The summed E-state index contributed by atoms with van der Waals surface area (Å²) >= 11 is 0. The van der Waals surface area contributed by atoms with Gasteiger partial charge in [-0.05, 0) is 119 Å². The number of nitrogens with zero attached hydrogens (tertiary/aromatic N) is 4. The van der Waals surface area contributed by atoms with Crippen LogP contribution in [0.2, 0.25) is 0 Å². The van der Waals surface area contributed by atoms with Crippen molar-refractivity contribution in [2.24, 2.45) is 0 Å². The molecule has 1 aliphatic rings. The number of anilines is 2. The summed E-state index contributed by atoms with van der Waals surface area (Å²) in [5, 5.41) is 31.1. The zero-order valence-corrected chi connectivity index (χ0v) is 42.4. The Kier molecular flexibility index (Phi) is 15.0. The van der Waals surface area contributed by atoms with Gasteiger partial charge in [-0.25, -0.2) is 14.8 Å². The number of para-hydroxylation sites is 4. The molecule has 8 aromatic carbocycles. The number of hydrogen-bond donors (Lipinski definition) is 6. The van der Waals surface area contributed by atoms with Gasteiger partial charge in [-0.2, -0.15) is 0 Å². The van der Waals surface area contributed by atoms with Crippen LogP contribution in [-0.4, -0.2) is 82.1 Å². The lowest BCUT2D eigenvalue weighted by molar-refractivity contribution is -0.0408. The number of ether oxygens (including phenoxy) is 2. The molecular weight excluding hydrogens is 981 g/mol. The predicted octanol–water partition coefficient (Wildman–Crippen LogP) is 10.5. The monoisotopic (exact) mass is 1040 g/mol. The second-order valence-corrected chi connectivity index (χ2v) is 19.4. The van der Waals surface area contributed by atoms with Gasteiger partial charge in [0.15, 0.2) is 0 Å². The average Bonchev–Trinajstić information content (AvgIpc) is 4.14. The molecule has 0 radical (unpaired) electrons. The number of benzene rings is 8. The van der Waals surface area contributed by atoms with Crippen LogP contribution >= 0.6 is 0 Å². The van der Waals surface area contributed by atoms with Crippen LogP contribution in [0.4, 0.5) is 16.7 Å². The van der Waals surface area contributed by atoms with Gasteiger partial charge in [-0.3, -0.25) is 20.2 Å². The molecule has 10 aromatic rings. The molecule has 11 rings (SSSR count). The number of nitrogens with one attached hydrogen (secondary N) is 4. The standard InChI is InChI=1S/C63H56N8O7/c72-57-55(35-41-25-29-49(30-26-41)77-39-43-13-3-1-4-14-43)70(37-45-17-11-19-47(33-45)59(74)68-61-64-51-21-7-8-22-52(51)65-61)63(76)71(56(58(57)73)36-42-27-31-50(32-28-42)78-40-44-15-5-2-6-16-44)38-46-18-12-20-48(34-46)60(75)69-62-66-53-23-9-10-24-54(53)67-62/h1-34,55-58,72-73H,35-40H2,(H2,64,65,68,74)(H2,66,67,69,75)/t55-,56-,57+,58+/m1/s1. The Morgan fingerprint density at radius 3 is 1.26 bits per heavy atom. The third kappa shape index (κ3) is 11.9. The number of aromatic nitrogens is 4. The highest BCUT2D eigenvalue weighted by Crippen LogP contribution is 2.32. The zero-order valence-electron chi connectivity index (χ0n) is 42.4. The molecule has 2 aromatic heterocycles. The van der Waals surface area contributed by atoms with E-state index >= 15 is 4.79 Å². The Bertz CT molecular complexity index is 3380. The lowest BCUT2D eigenvalue weighted by Gasteiger charge is -2.36. The minimum Gasteiger partial charge on any atom is -0.489 e. The summed E-state index contributed by atoms with van der Waals surface area (Å²) in [5.74, 6) is 1.03. The smallest absolute Gasteiger partial charge is 0.321 e. The molecule has 0 saturated carbocycles. The van der Waals surface area contributed by atoms with Gasteiger partial charge in [0.25, 0.3) is 11.8 Å². The number of aliphatic hydroxyl groups excluding tert-OH is 2. The Morgan fingerprint density at radius 2 is 0.846 bits per heavy atom. The molecule has 1 fully saturated rings. The minimum absolute atomic E-state index is 0.0477. The number of fused-ring (bicyclic) bond motifs is 2. The number of imidazole rings is 2. The van der Waals surface area contributed by atoms with Crippen LogP contribution in [0.5, 0.6) is 11.5 Å². The summed E-state index contributed by atoms with van der Waals surface area (Å²) in [7, 11) is 0. The maximum absolute atomic E-state index is 15.9. The van der Waals surface area contributed by atoms with Crippen molar-refractivity contribution in [3.8, 4) is 11.5 Å². The van der Waals surface area contributed by atoms with E-state index in [9.17, 15) is 19.8 Å². The SMILES string of the molecule is O=C(Nc1nc2ccccc2[nH]1)c1cccc(CN2C(=O)N(Cc3cccc(C(=O)Nc4nc5ccccc5[nH]4)c3)[C@H](Cc3ccc(OCc4ccccc4)cc3)[C@H](O)[C@@H](O)[C@H]2Cc2ccc(OCc3ccccc3)cc2)c1. The molecule has 15 nitrogen and oxygen atoms in total. The van der Waals surface area contributed by atoms with Crippen LogP contribution < -0.4 is 20.1 Å². The normalized spacial score (nSPS) is 16.5. The molecule has 3 heterocycles. The highest BCUT2D eigenvalue weighted by atomic mass is 16.5. The van der Waals surface area contributed by atoms with Gasteiger partial charge in [0.2, 0.25) is 11.9 Å². The van der Waals surface area contributed by atoms with Crippen molar-refractivity contribution in [2.75, 3.05) is 10.6 Å². The van der Waals surface area contributed by atoms with E-state index in [2.05, 4.69) is 30.6 Å². The van der Waals surface area contributed by atoms with Gasteiger partial charge in [-0.15, -0.1) is 0 Å². The molecule has 390 valence electrons. The molecule has 6 N–H and O–H groups in total. The van der Waals surface area contributed by atoms with Crippen molar-refractivity contribution in [1.29, 1.82) is 0 Å². The fraction of sp³-hybridized carbons (Fsp3) is 0.159. The van der Waals surface area contributed by atoms with Crippen LogP contribution in [0.25, 0.3) is 22.1 Å². The zero-order chi connectivity index (χ0) is 53.4. The Balaban J connectivity index is 0.921. The van der Waals surface area contributed by atoms with Crippen molar-refractivity contribution in [2.45, 2.75) is 63.4 Å². The third-order valence-electron chi connectivity index (χ3n) is 14.0. The first-order valence-electron chi connectivity index (χ1n) is 25.8. The molecule has 0 aliphatic carbocycles. The quantitative estimate of drug-likeness (QED) is 0.0484. The molecule has 0 unspecified atom stereocenters. The highest BCUT2D eigenvalue weighted by Gasteiger charge is 2.46. The Morgan fingerprint density at radius 1 is 0.462 bits per heavy atom. The first kappa shape index (κ1) is 50.6. The number of aliphatic hydroxyl groups is 2. The molecule has 1 aliphatic heterocycles. The van der Waals surface area contributed by atoms with Crippen LogP contribution in [-0.2, 0) is 39.1 Å². The van der Waals surface area contributed by atoms with E-state index in [1.807, 2.05) is 170 Å². The summed E-state index contributed by atoms with van der Waals surface area (Å²) < 4.78 is 12.2. The highest BCUT2D eigenvalue weighted by molar-refractivity contribution is 6.05. The predicted molar refractivity (Wildman–Crippen MR) is 299 cm³/mol.